The fourth-order valence-corrected chi connectivity index (χ4v) is 3.73. The van der Waals surface area contributed by atoms with E-state index in [0.717, 1.165) is 31.6 Å². The lowest BCUT2D eigenvalue weighted by Gasteiger charge is -2.47. The number of carbonyl (C=O) groups excluding carboxylic acids is 2. The molecule has 1 aliphatic heterocycles. The van der Waals surface area contributed by atoms with Gasteiger partial charge < -0.3 is 10.2 Å². The summed E-state index contributed by atoms with van der Waals surface area (Å²) in [5.41, 5.74) is 0. The van der Waals surface area contributed by atoms with Crippen LogP contribution in [0.2, 0.25) is 0 Å². The fraction of sp³-hybridized carbons (Fsp3) is 0.882. The molecule has 1 saturated heterocycles. The molecule has 2 aliphatic rings. The topological polar surface area (TPSA) is 49.4 Å². The molecule has 4 heteroatoms. The first-order valence-electron chi connectivity index (χ1n) is 8.45. The van der Waals surface area contributed by atoms with Crippen molar-refractivity contribution in [2.45, 2.75) is 78.4 Å². The van der Waals surface area contributed by atoms with Crippen LogP contribution >= 0.6 is 0 Å². The van der Waals surface area contributed by atoms with Crippen LogP contribution in [-0.4, -0.2) is 34.8 Å². The highest BCUT2D eigenvalue weighted by atomic mass is 16.2. The highest BCUT2D eigenvalue weighted by molar-refractivity contribution is 5.97. The van der Waals surface area contributed by atoms with Crippen molar-refractivity contribution in [2.75, 3.05) is 0 Å². The number of piperazine rings is 1. The molecule has 2 unspecified atom stereocenters. The van der Waals surface area contributed by atoms with Crippen LogP contribution in [0.4, 0.5) is 0 Å². The van der Waals surface area contributed by atoms with E-state index < -0.39 is 0 Å². The molecule has 2 amide bonds. The minimum absolute atomic E-state index is 0.0296. The second-order valence-electron chi connectivity index (χ2n) is 7.58. The zero-order valence-corrected chi connectivity index (χ0v) is 14.1. The van der Waals surface area contributed by atoms with E-state index in [1.807, 2.05) is 32.6 Å². The predicted molar refractivity (Wildman–Crippen MR) is 83.7 cm³/mol. The minimum atomic E-state index is -0.355. The van der Waals surface area contributed by atoms with Crippen LogP contribution in [0.5, 0.6) is 0 Å². The van der Waals surface area contributed by atoms with Crippen LogP contribution in [0, 0.1) is 17.8 Å². The highest BCUT2D eigenvalue weighted by Crippen LogP contribution is 2.32. The van der Waals surface area contributed by atoms with Gasteiger partial charge in [0.2, 0.25) is 11.8 Å². The molecular formula is C17H30N2O2. The monoisotopic (exact) mass is 294 g/mol. The smallest absolute Gasteiger partial charge is 0.246 e. The van der Waals surface area contributed by atoms with Gasteiger partial charge >= 0.3 is 0 Å². The SMILES string of the molecule is CC1CCC(N2C(=O)C(C(C)C)NC(=O)C2C(C)C)CC1. The van der Waals surface area contributed by atoms with Gasteiger partial charge in [0.15, 0.2) is 0 Å². The standard InChI is InChI=1S/C17H30N2O2/c1-10(2)14-17(21)19(13-8-6-12(5)7-9-13)15(11(3)4)16(20)18-14/h10-15H,6-9H2,1-5H3,(H,18,20). The van der Waals surface area contributed by atoms with Gasteiger partial charge in [-0.3, -0.25) is 9.59 Å². The number of carbonyl (C=O) groups is 2. The Labute approximate surface area is 128 Å². The summed E-state index contributed by atoms with van der Waals surface area (Å²) in [6, 6.07) is -0.411. The maximum atomic E-state index is 12.9. The molecule has 2 fully saturated rings. The molecule has 0 aromatic rings. The van der Waals surface area contributed by atoms with E-state index in [-0.39, 0.29) is 41.8 Å². The lowest BCUT2D eigenvalue weighted by atomic mass is 9.83. The molecule has 0 bridgehead atoms. The van der Waals surface area contributed by atoms with Crippen LogP contribution < -0.4 is 5.32 Å². The Kier molecular flexibility index (Phi) is 4.95. The molecule has 1 N–H and O–H groups in total. The van der Waals surface area contributed by atoms with Crippen molar-refractivity contribution in [3.8, 4) is 0 Å². The first kappa shape index (κ1) is 16.3. The molecule has 2 atom stereocenters. The second kappa shape index (κ2) is 6.37. The van der Waals surface area contributed by atoms with Crippen molar-refractivity contribution in [2.24, 2.45) is 17.8 Å². The number of nitrogens with one attached hydrogen (secondary N) is 1. The molecule has 21 heavy (non-hydrogen) atoms. The zero-order chi connectivity index (χ0) is 15.7. The van der Waals surface area contributed by atoms with E-state index in [1.165, 1.54) is 0 Å². The molecule has 1 aliphatic carbocycles. The van der Waals surface area contributed by atoms with Crippen LogP contribution in [0.15, 0.2) is 0 Å². The molecule has 0 spiro atoms. The van der Waals surface area contributed by atoms with E-state index in [0.29, 0.717) is 0 Å². The van der Waals surface area contributed by atoms with Crippen molar-refractivity contribution in [3.05, 3.63) is 0 Å². The first-order chi connectivity index (χ1) is 9.82. The predicted octanol–water partition coefficient (Wildman–Crippen LogP) is 2.57. The summed E-state index contributed by atoms with van der Waals surface area (Å²) in [7, 11) is 0. The van der Waals surface area contributed by atoms with Crippen molar-refractivity contribution in [3.63, 3.8) is 0 Å². The molecule has 0 aromatic carbocycles. The third kappa shape index (κ3) is 3.24. The molecule has 120 valence electrons. The first-order valence-corrected chi connectivity index (χ1v) is 8.45. The Bertz CT molecular complexity index is 398. The molecule has 4 nitrogen and oxygen atoms in total. The maximum absolute atomic E-state index is 12.9. The van der Waals surface area contributed by atoms with Gasteiger partial charge in [0.25, 0.3) is 0 Å². The number of rotatable bonds is 3. The van der Waals surface area contributed by atoms with E-state index in [1.54, 1.807) is 0 Å². The molecule has 1 saturated carbocycles. The molecule has 2 rings (SSSR count). The summed E-state index contributed by atoms with van der Waals surface area (Å²) in [6.07, 6.45) is 4.39. The Balaban J connectivity index is 2.26. The zero-order valence-electron chi connectivity index (χ0n) is 14.1. The van der Waals surface area contributed by atoms with Gasteiger partial charge in [0, 0.05) is 6.04 Å². The van der Waals surface area contributed by atoms with Crippen LogP contribution in [0.1, 0.15) is 60.3 Å². The summed E-state index contributed by atoms with van der Waals surface area (Å²) in [4.78, 5) is 27.4. The quantitative estimate of drug-likeness (QED) is 0.869. The molecule has 0 radical (unpaired) electrons. The van der Waals surface area contributed by atoms with Gasteiger partial charge in [0.1, 0.15) is 12.1 Å². The number of hydrogen-bond acceptors (Lipinski definition) is 2. The highest BCUT2D eigenvalue weighted by Gasteiger charge is 2.46. The van der Waals surface area contributed by atoms with Crippen molar-refractivity contribution >= 4 is 11.8 Å². The van der Waals surface area contributed by atoms with Crippen molar-refractivity contribution in [1.29, 1.82) is 0 Å². The summed E-state index contributed by atoms with van der Waals surface area (Å²) < 4.78 is 0. The summed E-state index contributed by atoms with van der Waals surface area (Å²) in [6.45, 7) is 10.3. The third-order valence-corrected chi connectivity index (χ3v) is 5.06. The summed E-state index contributed by atoms with van der Waals surface area (Å²) >= 11 is 0. The number of hydrogen-bond donors (Lipinski definition) is 1. The van der Waals surface area contributed by atoms with E-state index in [4.69, 9.17) is 0 Å². The van der Waals surface area contributed by atoms with E-state index in [2.05, 4.69) is 12.2 Å². The summed E-state index contributed by atoms with van der Waals surface area (Å²) in [5, 5.41) is 2.94. The van der Waals surface area contributed by atoms with Crippen molar-refractivity contribution < 1.29 is 9.59 Å². The Morgan fingerprint density at radius 1 is 1.00 bits per heavy atom. The maximum Gasteiger partial charge on any atom is 0.246 e. The van der Waals surface area contributed by atoms with E-state index >= 15 is 0 Å². The van der Waals surface area contributed by atoms with Gasteiger partial charge in [-0.25, -0.2) is 0 Å². The second-order valence-corrected chi connectivity index (χ2v) is 7.58. The number of amides is 2. The summed E-state index contributed by atoms with van der Waals surface area (Å²) in [5.74, 6) is 1.19. The Hall–Kier alpha value is -1.06. The Morgan fingerprint density at radius 3 is 2.05 bits per heavy atom. The molecule has 0 aromatic heterocycles. The average Bonchev–Trinajstić information content (AvgIpc) is 2.41. The van der Waals surface area contributed by atoms with Gasteiger partial charge in [-0.2, -0.15) is 0 Å². The van der Waals surface area contributed by atoms with Crippen LogP contribution in [0.3, 0.4) is 0 Å². The van der Waals surface area contributed by atoms with Crippen LogP contribution in [-0.2, 0) is 9.59 Å². The van der Waals surface area contributed by atoms with Gasteiger partial charge in [0.05, 0.1) is 0 Å². The normalized spacial score (nSPS) is 34.5. The lowest BCUT2D eigenvalue weighted by molar-refractivity contribution is -0.156. The number of nitrogens with zero attached hydrogens (tertiary/aromatic N) is 1. The lowest BCUT2D eigenvalue weighted by Crippen LogP contribution is -2.68. The molecule has 1 heterocycles. The van der Waals surface area contributed by atoms with Gasteiger partial charge in [-0.05, 0) is 43.4 Å². The third-order valence-electron chi connectivity index (χ3n) is 5.06. The largest absolute Gasteiger partial charge is 0.342 e. The van der Waals surface area contributed by atoms with E-state index in [9.17, 15) is 9.59 Å². The van der Waals surface area contributed by atoms with Crippen LogP contribution in [0.25, 0.3) is 0 Å². The molecular weight excluding hydrogens is 264 g/mol. The van der Waals surface area contributed by atoms with Gasteiger partial charge in [-0.1, -0.05) is 34.6 Å². The fourth-order valence-electron chi connectivity index (χ4n) is 3.73. The van der Waals surface area contributed by atoms with Crippen molar-refractivity contribution in [1.82, 2.24) is 10.2 Å². The average molecular weight is 294 g/mol. The van der Waals surface area contributed by atoms with Gasteiger partial charge in [-0.15, -0.1) is 0 Å². The Morgan fingerprint density at radius 2 is 1.57 bits per heavy atom. The minimum Gasteiger partial charge on any atom is -0.342 e.